The van der Waals surface area contributed by atoms with Gasteiger partial charge in [-0.1, -0.05) is 42.1 Å². The van der Waals surface area contributed by atoms with Gasteiger partial charge in [0.15, 0.2) is 5.16 Å². The van der Waals surface area contributed by atoms with Gasteiger partial charge in [0.05, 0.1) is 11.4 Å². The third kappa shape index (κ3) is 5.22. The third-order valence-corrected chi connectivity index (χ3v) is 3.77. The van der Waals surface area contributed by atoms with Gasteiger partial charge in [-0.2, -0.15) is 0 Å². The minimum Gasteiger partial charge on any atom is -0.459 e. The Morgan fingerprint density at radius 3 is 2.59 bits per heavy atom. The van der Waals surface area contributed by atoms with Crippen LogP contribution in [0.15, 0.2) is 35.5 Å². The average molecular weight is 318 g/mol. The van der Waals surface area contributed by atoms with E-state index in [4.69, 9.17) is 4.74 Å². The van der Waals surface area contributed by atoms with E-state index in [2.05, 4.69) is 22.1 Å². The molecule has 118 valence electrons. The SMILES string of the molecule is Cc1[nH]c(SCC(=O)OC(C)(C)C)nc1Cc1ccccc1. The summed E-state index contributed by atoms with van der Waals surface area (Å²) in [4.78, 5) is 19.5. The number of rotatable bonds is 5. The van der Waals surface area contributed by atoms with Crippen molar-refractivity contribution in [2.24, 2.45) is 0 Å². The number of hydrogen-bond acceptors (Lipinski definition) is 4. The molecule has 0 bridgehead atoms. The molecule has 0 saturated heterocycles. The summed E-state index contributed by atoms with van der Waals surface area (Å²) in [7, 11) is 0. The van der Waals surface area contributed by atoms with Crippen molar-refractivity contribution in [1.29, 1.82) is 0 Å². The Labute approximate surface area is 135 Å². The highest BCUT2D eigenvalue weighted by Gasteiger charge is 2.17. The molecule has 1 heterocycles. The first-order chi connectivity index (χ1) is 10.3. The van der Waals surface area contributed by atoms with Crippen molar-refractivity contribution in [3.63, 3.8) is 0 Å². The highest BCUT2D eigenvalue weighted by Crippen LogP contribution is 2.20. The predicted molar refractivity (Wildman–Crippen MR) is 89.1 cm³/mol. The Kier molecular flexibility index (Phi) is 5.29. The van der Waals surface area contributed by atoms with Crippen LogP contribution in [-0.4, -0.2) is 27.3 Å². The van der Waals surface area contributed by atoms with Crippen LogP contribution in [-0.2, 0) is 16.0 Å². The normalized spacial score (nSPS) is 11.5. The third-order valence-electron chi connectivity index (χ3n) is 2.92. The smallest absolute Gasteiger partial charge is 0.316 e. The van der Waals surface area contributed by atoms with Gasteiger partial charge in [-0.25, -0.2) is 4.98 Å². The van der Waals surface area contributed by atoms with Crippen LogP contribution < -0.4 is 0 Å². The number of aromatic amines is 1. The summed E-state index contributed by atoms with van der Waals surface area (Å²) >= 11 is 1.37. The molecule has 5 heteroatoms. The molecule has 0 unspecified atom stereocenters. The number of hydrogen-bond donors (Lipinski definition) is 1. The fraction of sp³-hybridized carbons (Fsp3) is 0.412. The lowest BCUT2D eigenvalue weighted by Gasteiger charge is -2.18. The van der Waals surface area contributed by atoms with Crippen molar-refractivity contribution < 1.29 is 9.53 Å². The molecule has 1 aromatic heterocycles. The fourth-order valence-corrected chi connectivity index (χ4v) is 2.71. The monoisotopic (exact) mass is 318 g/mol. The number of H-pyrrole nitrogens is 1. The molecule has 0 saturated carbocycles. The quantitative estimate of drug-likeness (QED) is 0.674. The van der Waals surface area contributed by atoms with Crippen molar-refractivity contribution in [3.8, 4) is 0 Å². The molecule has 1 aromatic carbocycles. The molecule has 22 heavy (non-hydrogen) atoms. The van der Waals surface area contributed by atoms with E-state index in [9.17, 15) is 4.79 Å². The molecule has 0 fully saturated rings. The Morgan fingerprint density at radius 2 is 1.95 bits per heavy atom. The summed E-state index contributed by atoms with van der Waals surface area (Å²) in [5.74, 6) is 0.0332. The molecule has 0 aliphatic rings. The number of benzene rings is 1. The summed E-state index contributed by atoms with van der Waals surface area (Å²) in [6.07, 6.45) is 0.788. The molecule has 4 nitrogen and oxygen atoms in total. The number of esters is 1. The number of aryl methyl sites for hydroxylation is 1. The number of carbonyl (C=O) groups excluding carboxylic acids is 1. The molecule has 0 aliphatic heterocycles. The number of imidazole rings is 1. The largest absolute Gasteiger partial charge is 0.459 e. The van der Waals surface area contributed by atoms with Crippen molar-refractivity contribution in [2.45, 2.75) is 44.9 Å². The zero-order chi connectivity index (χ0) is 16.2. The molecular formula is C17H22N2O2S. The zero-order valence-electron chi connectivity index (χ0n) is 13.5. The maximum atomic E-state index is 11.7. The predicted octanol–water partition coefficient (Wildman–Crippen LogP) is 3.74. The van der Waals surface area contributed by atoms with Crippen LogP contribution in [0.2, 0.25) is 0 Å². The van der Waals surface area contributed by atoms with Crippen molar-refractivity contribution in [1.82, 2.24) is 9.97 Å². The Morgan fingerprint density at radius 1 is 1.27 bits per heavy atom. The lowest BCUT2D eigenvalue weighted by atomic mass is 10.1. The van der Waals surface area contributed by atoms with Gasteiger partial charge >= 0.3 is 5.97 Å². The van der Waals surface area contributed by atoms with E-state index in [-0.39, 0.29) is 11.7 Å². The number of nitrogens with one attached hydrogen (secondary N) is 1. The maximum Gasteiger partial charge on any atom is 0.316 e. The number of nitrogens with zero attached hydrogens (tertiary/aromatic N) is 1. The molecular weight excluding hydrogens is 296 g/mol. The van der Waals surface area contributed by atoms with E-state index in [1.807, 2.05) is 45.9 Å². The van der Waals surface area contributed by atoms with Gasteiger partial charge < -0.3 is 9.72 Å². The van der Waals surface area contributed by atoms with Crippen LogP contribution >= 0.6 is 11.8 Å². The van der Waals surface area contributed by atoms with E-state index in [0.29, 0.717) is 0 Å². The Bertz CT molecular complexity index is 630. The van der Waals surface area contributed by atoms with Crippen LogP contribution in [0.3, 0.4) is 0 Å². The second kappa shape index (κ2) is 7.01. The van der Waals surface area contributed by atoms with Crippen molar-refractivity contribution in [2.75, 3.05) is 5.75 Å². The fourth-order valence-electron chi connectivity index (χ4n) is 1.99. The first-order valence-electron chi connectivity index (χ1n) is 7.27. The first kappa shape index (κ1) is 16.6. The molecule has 1 N–H and O–H groups in total. The highest BCUT2D eigenvalue weighted by atomic mass is 32.2. The van der Waals surface area contributed by atoms with Crippen LogP contribution in [0.4, 0.5) is 0 Å². The second-order valence-corrected chi connectivity index (χ2v) is 7.12. The van der Waals surface area contributed by atoms with E-state index in [0.717, 1.165) is 23.0 Å². The van der Waals surface area contributed by atoms with Crippen LogP contribution in [0, 0.1) is 6.92 Å². The maximum absolute atomic E-state index is 11.7. The Balaban J connectivity index is 1.94. The summed E-state index contributed by atoms with van der Waals surface area (Å²) < 4.78 is 5.29. The van der Waals surface area contributed by atoms with Gasteiger partial charge in [-0.3, -0.25) is 4.79 Å². The van der Waals surface area contributed by atoms with Crippen LogP contribution in [0.1, 0.15) is 37.7 Å². The lowest BCUT2D eigenvalue weighted by molar-refractivity contribution is -0.151. The summed E-state index contributed by atoms with van der Waals surface area (Å²) in [6, 6.07) is 10.2. The van der Waals surface area contributed by atoms with E-state index in [1.54, 1.807) is 0 Å². The van der Waals surface area contributed by atoms with Crippen molar-refractivity contribution in [3.05, 3.63) is 47.3 Å². The summed E-state index contributed by atoms with van der Waals surface area (Å²) in [5, 5.41) is 0.759. The van der Waals surface area contributed by atoms with Gasteiger partial charge in [-0.05, 0) is 33.3 Å². The minimum atomic E-state index is -0.449. The van der Waals surface area contributed by atoms with Gasteiger partial charge in [0, 0.05) is 12.1 Å². The highest BCUT2D eigenvalue weighted by molar-refractivity contribution is 7.99. The molecule has 0 aliphatic carbocycles. The second-order valence-electron chi connectivity index (χ2n) is 6.15. The first-order valence-corrected chi connectivity index (χ1v) is 8.26. The van der Waals surface area contributed by atoms with E-state index < -0.39 is 5.60 Å². The van der Waals surface area contributed by atoms with Crippen molar-refractivity contribution >= 4 is 17.7 Å². The molecule has 0 amide bonds. The number of ether oxygens (including phenoxy) is 1. The van der Waals surface area contributed by atoms with Gasteiger partial charge in [0.2, 0.25) is 0 Å². The standard InChI is InChI=1S/C17H22N2O2S/c1-12-14(10-13-8-6-5-7-9-13)19-16(18-12)22-11-15(20)21-17(2,3)4/h5-9H,10-11H2,1-4H3,(H,18,19). The topological polar surface area (TPSA) is 55.0 Å². The lowest BCUT2D eigenvalue weighted by Crippen LogP contribution is -2.24. The van der Waals surface area contributed by atoms with Crippen LogP contribution in [0.25, 0.3) is 0 Å². The summed E-state index contributed by atoms with van der Waals surface area (Å²) in [5.41, 5.74) is 2.82. The minimum absolute atomic E-state index is 0.226. The molecule has 2 aromatic rings. The number of aromatic nitrogens is 2. The molecule has 2 rings (SSSR count). The zero-order valence-corrected chi connectivity index (χ0v) is 14.3. The molecule has 0 atom stereocenters. The average Bonchev–Trinajstić information content (AvgIpc) is 2.76. The summed E-state index contributed by atoms with van der Waals surface area (Å²) in [6.45, 7) is 7.60. The molecule has 0 spiro atoms. The van der Waals surface area contributed by atoms with E-state index in [1.165, 1.54) is 17.3 Å². The number of carbonyl (C=O) groups is 1. The van der Waals surface area contributed by atoms with Crippen LogP contribution in [0.5, 0.6) is 0 Å². The van der Waals surface area contributed by atoms with Gasteiger partial charge in [0.1, 0.15) is 5.60 Å². The number of thioether (sulfide) groups is 1. The van der Waals surface area contributed by atoms with Gasteiger partial charge in [-0.15, -0.1) is 0 Å². The van der Waals surface area contributed by atoms with E-state index >= 15 is 0 Å². The van der Waals surface area contributed by atoms with Gasteiger partial charge in [0.25, 0.3) is 0 Å². The molecule has 0 radical (unpaired) electrons. The Hall–Kier alpha value is -1.75.